The molecule has 1 amide bonds. The average Bonchev–Trinajstić information content (AvgIpc) is 2.41. The first-order chi connectivity index (χ1) is 9.02. The molecule has 2 unspecified atom stereocenters. The summed E-state index contributed by atoms with van der Waals surface area (Å²) < 4.78 is 26.7. The summed E-state index contributed by atoms with van der Waals surface area (Å²) in [6, 6.07) is 3.20. The molecule has 5 heteroatoms. The van der Waals surface area contributed by atoms with Gasteiger partial charge in [0.1, 0.15) is 0 Å². The molecule has 1 aliphatic rings. The lowest BCUT2D eigenvalue weighted by Crippen LogP contribution is -2.46. The molecule has 2 rings (SSSR count). The molecule has 0 aromatic heterocycles. The predicted molar refractivity (Wildman–Crippen MR) is 66.7 cm³/mol. The fourth-order valence-electron chi connectivity index (χ4n) is 2.55. The summed E-state index contributed by atoms with van der Waals surface area (Å²) in [4.78, 5) is 13.5. The Balaban J connectivity index is 2.21. The minimum Gasteiger partial charge on any atom is -0.391 e. The topological polar surface area (TPSA) is 40.5 Å². The minimum atomic E-state index is -1.13. The van der Waals surface area contributed by atoms with Gasteiger partial charge < -0.3 is 10.0 Å². The highest BCUT2D eigenvalue weighted by Gasteiger charge is 2.31. The van der Waals surface area contributed by atoms with E-state index >= 15 is 0 Å². The fourth-order valence-corrected chi connectivity index (χ4v) is 2.55. The molecule has 0 heterocycles. The maximum atomic E-state index is 13.6. The Kier molecular flexibility index (Phi) is 4.14. The van der Waals surface area contributed by atoms with Crippen molar-refractivity contribution in [3.63, 3.8) is 0 Å². The van der Waals surface area contributed by atoms with Crippen LogP contribution >= 0.6 is 0 Å². The number of aliphatic hydroxyl groups excluding tert-OH is 1. The molecule has 1 saturated carbocycles. The van der Waals surface area contributed by atoms with Crippen molar-refractivity contribution >= 4 is 5.91 Å². The highest BCUT2D eigenvalue weighted by atomic mass is 19.2. The number of hydrogen-bond acceptors (Lipinski definition) is 2. The summed E-state index contributed by atoms with van der Waals surface area (Å²) in [7, 11) is 1.52. The van der Waals surface area contributed by atoms with Crippen molar-refractivity contribution < 1.29 is 18.7 Å². The second-order valence-corrected chi connectivity index (χ2v) is 4.94. The molecule has 0 bridgehead atoms. The quantitative estimate of drug-likeness (QED) is 0.895. The van der Waals surface area contributed by atoms with Crippen LogP contribution in [0.4, 0.5) is 8.78 Å². The van der Waals surface area contributed by atoms with Gasteiger partial charge in [0.05, 0.1) is 17.7 Å². The maximum absolute atomic E-state index is 13.6. The summed E-state index contributed by atoms with van der Waals surface area (Å²) in [5, 5.41) is 9.90. The van der Waals surface area contributed by atoms with Crippen LogP contribution in [-0.2, 0) is 0 Å². The molecular formula is C14H17F2NO2. The van der Waals surface area contributed by atoms with Gasteiger partial charge in [-0.1, -0.05) is 18.9 Å². The second-order valence-electron chi connectivity index (χ2n) is 4.94. The van der Waals surface area contributed by atoms with Crippen LogP contribution in [0.15, 0.2) is 18.2 Å². The number of aliphatic hydroxyl groups is 1. The minimum absolute atomic E-state index is 0.291. The zero-order valence-corrected chi connectivity index (χ0v) is 10.8. The fraction of sp³-hybridized carbons (Fsp3) is 0.500. The molecule has 1 aliphatic carbocycles. The van der Waals surface area contributed by atoms with Crippen LogP contribution in [0.25, 0.3) is 0 Å². The van der Waals surface area contributed by atoms with Crippen molar-refractivity contribution in [2.75, 3.05) is 7.05 Å². The van der Waals surface area contributed by atoms with E-state index in [0.29, 0.717) is 12.8 Å². The predicted octanol–water partition coefficient (Wildman–Crippen LogP) is 2.34. The molecular weight excluding hydrogens is 252 g/mol. The van der Waals surface area contributed by atoms with Gasteiger partial charge in [-0.3, -0.25) is 4.79 Å². The van der Waals surface area contributed by atoms with E-state index in [0.717, 1.165) is 18.9 Å². The number of carbonyl (C=O) groups is 1. The molecule has 19 heavy (non-hydrogen) atoms. The van der Waals surface area contributed by atoms with Crippen molar-refractivity contribution in [3.8, 4) is 0 Å². The third-order valence-electron chi connectivity index (χ3n) is 3.69. The molecule has 0 aliphatic heterocycles. The molecule has 0 saturated heterocycles. The number of rotatable bonds is 2. The largest absolute Gasteiger partial charge is 0.391 e. The molecule has 104 valence electrons. The van der Waals surface area contributed by atoms with Gasteiger partial charge in [0.25, 0.3) is 5.91 Å². The molecule has 1 N–H and O–H groups in total. The maximum Gasteiger partial charge on any atom is 0.257 e. The van der Waals surface area contributed by atoms with Gasteiger partial charge in [-0.15, -0.1) is 0 Å². The van der Waals surface area contributed by atoms with E-state index < -0.39 is 23.6 Å². The lowest BCUT2D eigenvalue weighted by Gasteiger charge is -2.35. The standard InChI is InChI=1S/C14H17F2NO2/c1-17(11-7-2-3-8-12(11)18)14(19)9-5-4-6-10(15)13(9)16/h4-6,11-12,18H,2-3,7-8H2,1H3. The van der Waals surface area contributed by atoms with E-state index in [2.05, 4.69) is 0 Å². The number of likely N-dealkylation sites (N-methyl/N-ethyl adjacent to an activating group) is 1. The molecule has 1 aromatic carbocycles. The van der Waals surface area contributed by atoms with E-state index in [-0.39, 0.29) is 11.6 Å². The van der Waals surface area contributed by atoms with Crippen LogP contribution in [0.5, 0.6) is 0 Å². The van der Waals surface area contributed by atoms with E-state index in [4.69, 9.17) is 0 Å². The number of nitrogens with zero attached hydrogens (tertiary/aromatic N) is 1. The Bertz CT molecular complexity index is 479. The normalized spacial score (nSPS) is 23.2. The SMILES string of the molecule is CN(C(=O)c1cccc(F)c1F)C1CCCCC1O. The van der Waals surface area contributed by atoms with Crippen molar-refractivity contribution in [1.82, 2.24) is 4.90 Å². The first-order valence-corrected chi connectivity index (χ1v) is 6.41. The molecule has 3 nitrogen and oxygen atoms in total. The third-order valence-corrected chi connectivity index (χ3v) is 3.69. The van der Waals surface area contributed by atoms with Gasteiger partial charge in [-0.05, 0) is 25.0 Å². The lowest BCUT2D eigenvalue weighted by atomic mass is 9.91. The third kappa shape index (κ3) is 2.76. The molecule has 0 spiro atoms. The van der Waals surface area contributed by atoms with Crippen molar-refractivity contribution in [2.24, 2.45) is 0 Å². The van der Waals surface area contributed by atoms with Crippen LogP contribution in [0, 0.1) is 11.6 Å². The zero-order chi connectivity index (χ0) is 14.0. The number of halogens is 2. The summed E-state index contributed by atoms with van der Waals surface area (Å²) in [6.45, 7) is 0. The highest BCUT2D eigenvalue weighted by Crippen LogP contribution is 2.24. The zero-order valence-electron chi connectivity index (χ0n) is 10.8. The summed E-state index contributed by atoms with van der Waals surface area (Å²) >= 11 is 0. The first kappa shape index (κ1) is 13.9. The number of benzene rings is 1. The summed E-state index contributed by atoms with van der Waals surface area (Å²) in [5.41, 5.74) is -0.291. The van der Waals surface area contributed by atoms with Crippen LogP contribution in [0.2, 0.25) is 0 Å². The van der Waals surface area contributed by atoms with Crippen molar-refractivity contribution in [2.45, 2.75) is 37.8 Å². The van der Waals surface area contributed by atoms with Crippen LogP contribution < -0.4 is 0 Å². The Morgan fingerprint density at radius 1 is 1.32 bits per heavy atom. The van der Waals surface area contributed by atoms with Gasteiger partial charge in [-0.2, -0.15) is 0 Å². The van der Waals surface area contributed by atoms with Crippen LogP contribution in [-0.4, -0.2) is 35.1 Å². The Morgan fingerprint density at radius 2 is 2.00 bits per heavy atom. The van der Waals surface area contributed by atoms with Gasteiger partial charge in [0.2, 0.25) is 0 Å². The van der Waals surface area contributed by atoms with Gasteiger partial charge in [-0.25, -0.2) is 8.78 Å². The van der Waals surface area contributed by atoms with E-state index in [1.54, 1.807) is 0 Å². The first-order valence-electron chi connectivity index (χ1n) is 6.41. The van der Waals surface area contributed by atoms with Crippen LogP contribution in [0.3, 0.4) is 0 Å². The van der Waals surface area contributed by atoms with Gasteiger partial charge in [0.15, 0.2) is 11.6 Å². The van der Waals surface area contributed by atoms with Crippen LogP contribution in [0.1, 0.15) is 36.0 Å². The average molecular weight is 269 g/mol. The number of hydrogen-bond donors (Lipinski definition) is 1. The molecule has 1 fully saturated rings. The van der Waals surface area contributed by atoms with E-state index in [1.165, 1.54) is 24.1 Å². The van der Waals surface area contributed by atoms with Crippen molar-refractivity contribution in [3.05, 3.63) is 35.4 Å². The monoisotopic (exact) mass is 269 g/mol. The number of carbonyl (C=O) groups excluding carboxylic acids is 1. The molecule has 1 aromatic rings. The van der Waals surface area contributed by atoms with E-state index in [1.807, 2.05) is 0 Å². The lowest BCUT2D eigenvalue weighted by molar-refractivity contribution is 0.0264. The molecule has 0 radical (unpaired) electrons. The Labute approximate surface area is 110 Å². The molecule has 2 atom stereocenters. The highest BCUT2D eigenvalue weighted by molar-refractivity contribution is 5.94. The van der Waals surface area contributed by atoms with Gasteiger partial charge >= 0.3 is 0 Å². The van der Waals surface area contributed by atoms with E-state index in [9.17, 15) is 18.7 Å². The smallest absolute Gasteiger partial charge is 0.257 e. The summed E-state index contributed by atoms with van der Waals surface area (Å²) in [5.74, 6) is -2.77. The Hall–Kier alpha value is -1.49. The second kappa shape index (κ2) is 5.65. The Morgan fingerprint density at radius 3 is 2.68 bits per heavy atom. The van der Waals surface area contributed by atoms with Crippen molar-refractivity contribution in [1.29, 1.82) is 0 Å². The van der Waals surface area contributed by atoms with Gasteiger partial charge in [0, 0.05) is 7.05 Å². The number of amides is 1. The summed E-state index contributed by atoms with van der Waals surface area (Å²) in [6.07, 6.45) is 2.56.